The van der Waals surface area contributed by atoms with E-state index in [0.29, 0.717) is 11.3 Å². The van der Waals surface area contributed by atoms with Crippen LogP contribution in [0, 0.1) is 0 Å². The quantitative estimate of drug-likeness (QED) is 0.0569. The van der Waals surface area contributed by atoms with Crippen LogP contribution in [-0.2, 0) is 24.0 Å². The Hall–Kier alpha value is -3.53. The normalized spacial score (nSPS) is 19.1. The first kappa shape index (κ1) is 31.4. The number of carboxylic acids is 3. The summed E-state index contributed by atoms with van der Waals surface area (Å²) in [7, 11) is 0. The van der Waals surface area contributed by atoms with Crippen LogP contribution in [-0.4, -0.2) is 104 Å². The summed E-state index contributed by atoms with van der Waals surface area (Å²) in [5.74, 6) is -5.84. The van der Waals surface area contributed by atoms with Gasteiger partial charge in [0.15, 0.2) is 10.8 Å². The maximum Gasteiger partial charge on any atom is 0.358 e. The Morgan fingerprint density at radius 1 is 1.29 bits per heavy atom. The highest BCUT2D eigenvalue weighted by atomic mass is 32.2. The molecule has 0 aliphatic carbocycles. The number of carbonyl (C=O) groups excluding carboxylic acids is 2. The number of thioether (sulfide) groups is 3. The second-order valence-electron chi connectivity index (χ2n) is 8.12. The summed E-state index contributed by atoms with van der Waals surface area (Å²) in [5, 5.41) is 45.1. The fourth-order valence-corrected chi connectivity index (χ4v) is 8.17. The van der Waals surface area contributed by atoms with Gasteiger partial charge >= 0.3 is 17.9 Å². The fourth-order valence-electron chi connectivity index (χ4n) is 3.71. The number of anilines is 1. The molecule has 224 valence electrons. The summed E-state index contributed by atoms with van der Waals surface area (Å²) in [4.78, 5) is 71.4. The summed E-state index contributed by atoms with van der Waals surface area (Å²) in [6, 6.07) is -1.15. The number of amides is 2. The van der Waals surface area contributed by atoms with Crippen LogP contribution in [0.3, 0.4) is 0 Å². The number of nitrogens with one attached hydrogen (secondary N) is 1. The van der Waals surface area contributed by atoms with Gasteiger partial charge in [0, 0.05) is 16.9 Å². The van der Waals surface area contributed by atoms with E-state index in [2.05, 4.69) is 19.8 Å². The minimum atomic E-state index is -1.41. The Morgan fingerprint density at radius 3 is 2.62 bits per heavy atom. The maximum atomic E-state index is 13.2. The van der Waals surface area contributed by atoms with E-state index >= 15 is 0 Å². The Morgan fingerprint density at radius 2 is 2.02 bits per heavy atom. The lowest BCUT2D eigenvalue weighted by atomic mass is 10.0. The summed E-state index contributed by atoms with van der Waals surface area (Å²) < 4.78 is 3.78. The molecular weight excluding hydrogens is 657 g/mol. The van der Waals surface area contributed by atoms with E-state index in [0.717, 1.165) is 51.3 Å². The van der Waals surface area contributed by atoms with Gasteiger partial charge in [-0.25, -0.2) is 19.4 Å². The molecule has 2 amide bonds. The minimum Gasteiger partial charge on any atom is -0.492 e. The zero-order valence-electron chi connectivity index (χ0n) is 21.1. The molecule has 2 aromatic rings. The lowest BCUT2D eigenvalue weighted by molar-refractivity contribution is -0.150. The minimum absolute atomic E-state index is 0.00395. The number of carbonyl (C=O) groups is 5. The molecule has 0 saturated carbocycles. The molecule has 4 heterocycles. The van der Waals surface area contributed by atoms with Crippen LogP contribution in [0.4, 0.5) is 5.13 Å². The number of rotatable bonds is 13. The molecule has 0 spiro atoms. The number of carboxylic acid groups (broad SMARTS) is 3. The van der Waals surface area contributed by atoms with Crippen molar-refractivity contribution in [1.82, 2.24) is 19.6 Å². The predicted molar refractivity (Wildman–Crippen MR) is 155 cm³/mol. The number of aromatic hydroxyl groups is 1. The number of hydrogen-bond donors (Lipinski definition) is 6. The monoisotopic (exact) mass is 676 g/mol. The van der Waals surface area contributed by atoms with E-state index in [1.165, 1.54) is 17.1 Å². The van der Waals surface area contributed by atoms with Gasteiger partial charge in [-0.05, 0) is 22.9 Å². The molecule has 4 rings (SSSR count). The first-order valence-corrected chi connectivity index (χ1v) is 16.2. The van der Waals surface area contributed by atoms with Crippen LogP contribution in [0.2, 0.25) is 0 Å². The number of hydrogen-bond acceptors (Lipinski definition) is 16. The number of nitrogen functional groups attached to an aromatic ring is 1. The van der Waals surface area contributed by atoms with Crippen LogP contribution >= 0.6 is 58.2 Å². The van der Waals surface area contributed by atoms with Gasteiger partial charge in [0.25, 0.3) is 17.3 Å². The first-order chi connectivity index (χ1) is 19.9. The molecule has 42 heavy (non-hydrogen) atoms. The molecule has 2 aromatic heterocycles. The van der Waals surface area contributed by atoms with Crippen LogP contribution in [0.1, 0.15) is 23.0 Å². The van der Waals surface area contributed by atoms with Crippen molar-refractivity contribution in [2.75, 3.05) is 23.0 Å². The third-order valence-electron chi connectivity index (χ3n) is 5.51. The molecule has 21 heteroatoms. The Kier molecular flexibility index (Phi) is 9.86. The van der Waals surface area contributed by atoms with Crippen LogP contribution < -0.4 is 11.1 Å². The van der Waals surface area contributed by atoms with Gasteiger partial charge in [-0.3, -0.25) is 14.5 Å². The van der Waals surface area contributed by atoms with E-state index in [-0.39, 0.29) is 32.2 Å². The topological polar surface area (TPSA) is 255 Å². The van der Waals surface area contributed by atoms with Crippen molar-refractivity contribution >= 4 is 98.7 Å². The summed E-state index contributed by atoms with van der Waals surface area (Å²) in [5.41, 5.74) is 3.47. The summed E-state index contributed by atoms with van der Waals surface area (Å²) >= 11 is 4.81. The molecule has 2 aliphatic rings. The number of thiazole rings is 1. The van der Waals surface area contributed by atoms with Gasteiger partial charge in [0.1, 0.15) is 28.4 Å². The van der Waals surface area contributed by atoms with Gasteiger partial charge in [-0.1, -0.05) is 12.1 Å². The molecule has 0 bridgehead atoms. The zero-order chi connectivity index (χ0) is 30.7. The van der Waals surface area contributed by atoms with Crippen molar-refractivity contribution in [2.45, 2.75) is 28.0 Å². The molecule has 1 fully saturated rings. The largest absolute Gasteiger partial charge is 0.492 e. The van der Waals surface area contributed by atoms with Crippen molar-refractivity contribution < 1.29 is 49.2 Å². The van der Waals surface area contributed by atoms with Crippen molar-refractivity contribution in [3.8, 4) is 5.88 Å². The van der Waals surface area contributed by atoms with Gasteiger partial charge in [-0.2, -0.15) is 4.37 Å². The number of aliphatic carboxylic acids is 2. The number of nitrogens with zero attached hydrogens (tertiary/aromatic N) is 4. The van der Waals surface area contributed by atoms with Crippen molar-refractivity contribution in [1.29, 1.82) is 0 Å². The Bertz CT molecular complexity index is 1510. The highest BCUT2D eigenvalue weighted by Crippen LogP contribution is 2.43. The lowest BCUT2D eigenvalue weighted by Gasteiger charge is -2.49. The fraction of sp³-hybridized carbons (Fsp3) is 0.333. The molecule has 1 saturated heterocycles. The number of aromatic carboxylic acids is 1. The van der Waals surface area contributed by atoms with E-state index in [9.17, 15) is 44.4 Å². The summed E-state index contributed by atoms with van der Waals surface area (Å²) in [6.07, 6.45) is 0. The number of aromatic nitrogens is 2. The number of oxime groups is 1. The number of β-lactam (4-membered cyclic amide) rings is 1. The molecule has 3 atom stereocenters. The molecule has 7 N–H and O–H groups in total. The smallest absolute Gasteiger partial charge is 0.358 e. The second-order valence-corrected chi connectivity index (χ2v) is 13.5. The molecule has 2 aliphatic heterocycles. The zero-order valence-corrected chi connectivity index (χ0v) is 25.2. The van der Waals surface area contributed by atoms with Crippen LogP contribution in [0.5, 0.6) is 5.88 Å². The molecule has 16 nitrogen and oxygen atoms in total. The van der Waals surface area contributed by atoms with Gasteiger partial charge < -0.3 is 36.3 Å². The third kappa shape index (κ3) is 6.43. The summed E-state index contributed by atoms with van der Waals surface area (Å²) in [6.45, 7) is 1.71. The van der Waals surface area contributed by atoms with Crippen LogP contribution in [0.25, 0.3) is 0 Å². The van der Waals surface area contributed by atoms with Crippen molar-refractivity contribution in [3.63, 3.8) is 0 Å². The molecule has 0 aromatic carbocycles. The van der Waals surface area contributed by atoms with Gasteiger partial charge in [0.05, 0.1) is 4.21 Å². The Labute approximate surface area is 256 Å². The van der Waals surface area contributed by atoms with Crippen LogP contribution in [0.15, 0.2) is 26.0 Å². The number of nitrogens with two attached hydrogens (primary N) is 1. The Balaban J connectivity index is 1.52. The highest BCUT2D eigenvalue weighted by molar-refractivity contribution is 8.02. The van der Waals surface area contributed by atoms with E-state index in [1.807, 2.05) is 0 Å². The molecule has 1 unspecified atom stereocenters. The lowest BCUT2D eigenvalue weighted by Crippen LogP contribution is -2.71. The van der Waals surface area contributed by atoms with Gasteiger partial charge in [-0.15, -0.1) is 46.6 Å². The second kappa shape index (κ2) is 13.2. The van der Waals surface area contributed by atoms with Crippen molar-refractivity contribution in [2.24, 2.45) is 5.16 Å². The van der Waals surface area contributed by atoms with Gasteiger partial charge in [0.2, 0.25) is 5.88 Å². The van der Waals surface area contributed by atoms with E-state index < -0.39 is 63.7 Å². The molecular formula is C21H20N6O10S5. The third-order valence-corrected chi connectivity index (χ3v) is 10.6. The average molecular weight is 677 g/mol. The van der Waals surface area contributed by atoms with E-state index in [1.54, 1.807) is 6.92 Å². The average Bonchev–Trinajstić information content (AvgIpc) is 3.53. The standard InChI is InChI=1S/C21H20N6O10S5/c1-2-38-19(18(35)36)37-25-9(7-5-41-21(22)23-7)13(29)24-10-14(30)27-11(17(33)34)6(3-39-15(10)27)4-40-20-8(16(31)32)12(28)26-42-20/h5,10,15,19H,2-4H2,1H3,(H2,22,23)(H,24,29)(H,26,28)(H,31,32)(H,33,34)(H,35,36)/b25-9-/t10-,15-,19?/m1/s1. The predicted octanol–water partition coefficient (Wildman–Crippen LogP) is 1.00. The number of fused-ring (bicyclic) bond motifs is 1. The first-order valence-electron chi connectivity index (χ1n) is 11.5. The SMILES string of the molecule is CCSC(O/N=C(\C(=O)N[C@@H]1C(=O)N2C(C(=O)O)=C(CSc3snc(O)c3C(=O)O)CS[C@H]12)c1csc(N)n1)C(=O)O. The van der Waals surface area contributed by atoms with Crippen molar-refractivity contribution in [3.05, 3.63) is 27.9 Å². The maximum absolute atomic E-state index is 13.2. The molecule has 0 radical (unpaired) electrons. The van der Waals surface area contributed by atoms with E-state index in [4.69, 9.17) is 10.6 Å². The highest BCUT2D eigenvalue weighted by Gasteiger charge is 2.54.